The van der Waals surface area contributed by atoms with Crippen LogP contribution < -0.4 is 10.2 Å². The first kappa shape index (κ1) is 15.5. The van der Waals surface area contributed by atoms with Gasteiger partial charge in [-0.2, -0.15) is 13.2 Å². The third-order valence-electron chi connectivity index (χ3n) is 2.40. The Morgan fingerprint density at radius 3 is 2.53 bits per heavy atom. The van der Waals surface area contributed by atoms with Crippen molar-refractivity contribution in [3.05, 3.63) is 12.4 Å². The molecule has 0 amide bonds. The third kappa shape index (κ3) is 5.76. The molecule has 1 aromatic rings. The van der Waals surface area contributed by atoms with Gasteiger partial charge < -0.3 is 10.2 Å². The first-order chi connectivity index (χ1) is 8.96. The van der Waals surface area contributed by atoms with Gasteiger partial charge in [0.25, 0.3) is 0 Å². The van der Waals surface area contributed by atoms with E-state index in [1.165, 1.54) is 11.2 Å². The number of anilines is 2. The summed E-state index contributed by atoms with van der Waals surface area (Å²) < 4.78 is 37.6. The summed E-state index contributed by atoms with van der Waals surface area (Å²) in [7, 11) is 0. The van der Waals surface area contributed by atoms with Gasteiger partial charge in [0, 0.05) is 19.2 Å². The van der Waals surface area contributed by atoms with Crippen LogP contribution in [0.2, 0.25) is 0 Å². The van der Waals surface area contributed by atoms with Gasteiger partial charge in [-0.25, -0.2) is 9.97 Å². The Balaban J connectivity index is 2.83. The molecule has 1 rings (SSSR count). The van der Waals surface area contributed by atoms with Crippen LogP contribution in [0.1, 0.15) is 26.7 Å². The van der Waals surface area contributed by atoms with Crippen LogP contribution in [0.15, 0.2) is 12.4 Å². The van der Waals surface area contributed by atoms with Crippen LogP contribution in [0.5, 0.6) is 0 Å². The fourth-order valence-corrected chi connectivity index (χ4v) is 1.63. The number of nitrogens with zero attached hydrogens (tertiary/aromatic N) is 3. The number of nitrogens with one attached hydrogen (secondary N) is 1. The standard InChI is InChI=1S/C12H19F3N4/c1-3-5-16-10-7-11(18-9-17-10)19(6-4-2)8-12(13,14)15/h7,9H,3-6,8H2,1-2H3,(H,16,17,18). The molecule has 0 atom stereocenters. The maximum atomic E-state index is 12.5. The highest BCUT2D eigenvalue weighted by atomic mass is 19.4. The monoisotopic (exact) mass is 276 g/mol. The van der Waals surface area contributed by atoms with E-state index in [1.807, 2.05) is 13.8 Å². The molecule has 19 heavy (non-hydrogen) atoms. The fourth-order valence-electron chi connectivity index (χ4n) is 1.63. The Bertz CT molecular complexity index is 381. The zero-order valence-corrected chi connectivity index (χ0v) is 11.2. The van der Waals surface area contributed by atoms with Crippen molar-refractivity contribution in [1.29, 1.82) is 0 Å². The number of aromatic nitrogens is 2. The van der Waals surface area contributed by atoms with Gasteiger partial charge >= 0.3 is 6.18 Å². The van der Waals surface area contributed by atoms with E-state index in [4.69, 9.17) is 0 Å². The van der Waals surface area contributed by atoms with Gasteiger partial charge in [0.15, 0.2) is 0 Å². The predicted molar refractivity (Wildman–Crippen MR) is 69.4 cm³/mol. The van der Waals surface area contributed by atoms with Crippen LogP contribution in [0.25, 0.3) is 0 Å². The summed E-state index contributed by atoms with van der Waals surface area (Å²) in [5.74, 6) is 0.850. The second kappa shape index (κ2) is 7.16. The molecule has 0 saturated carbocycles. The molecule has 0 radical (unpaired) electrons. The van der Waals surface area contributed by atoms with E-state index in [9.17, 15) is 13.2 Å². The molecule has 7 heteroatoms. The highest BCUT2D eigenvalue weighted by Gasteiger charge is 2.31. The lowest BCUT2D eigenvalue weighted by atomic mass is 10.3. The number of hydrogen-bond donors (Lipinski definition) is 1. The van der Waals surface area contributed by atoms with Crippen molar-refractivity contribution < 1.29 is 13.2 Å². The Kier molecular flexibility index (Phi) is 5.85. The lowest BCUT2D eigenvalue weighted by Gasteiger charge is -2.24. The van der Waals surface area contributed by atoms with Crippen LogP contribution in [0, 0.1) is 0 Å². The topological polar surface area (TPSA) is 41.0 Å². The van der Waals surface area contributed by atoms with Crippen LogP contribution >= 0.6 is 0 Å². The van der Waals surface area contributed by atoms with Gasteiger partial charge in [0.2, 0.25) is 0 Å². The molecule has 4 nitrogen and oxygen atoms in total. The Morgan fingerprint density at radius 2 is 1.95 bits per heavy atom. The molecule has 1 N–H and O–H groups in total. The SMILES string of the molecule is CCCNc1cc(N(CCC)CC(F)(F)F)ncn1. The number of alkyl halides is 3. The Hall–Kier alpha value is -1.53. The van der Waals surface area contributed by atoms with Gasteiger partial charge in [-0.1, -0.05) is 13.8 Å². The summed E-state index contributed by atoms with van der Waals surface area (Å²) in [6, 6.07) is 1.55. The predicted octanol–water partition coefficient (Wildman–Crippen LogP) is 3.08. The van der Waals surface area contributed by atoms with Crippen molar-refractivity contribution in [1.82, 2.24) is 9.97 Å². The van der Waals surface area contributed by atoms with Crippen molar-refractivity contribution in [2.75, 3.05) is 29.9 Å². The minimum absolute atomic E-state index is 0.299. The van der Waals surface area contributed by atoms with Gasteiger partial charge in [0.05, 0.1) is 0 Å². The second-order valence-electron chi connectivity index (χ2n) is 4.22. The average molecular weight is 276 g/mol. The summed E-state index contributed by atoms with van der Waals surface area (Å²) in [6.45, 7) is 3.88. The molecular weight excluding hydrogens is 257 g/mol. The highest BCUT2D eigenvalue weighted by Crippen LogP contribution is 2.21. The molecule has 0 aliphatic rings. The normalized spacial score (nSPS) is 11.4. The van der Waals surface area contributed by atoms with E-state index >= 15 is 0 Å². The maximum Gasteiger partial charge on any atom is 0.405 e. The molecule has 0 aliphatic carbocycles. The first-order valence-corrected chi connectivity index (χ1v) is 6.34. The molecule has 0 fully saturated rings. The molecular formula is C12H19F3N4. The highest BCUT2D eigenvalue weighted by molar-refractivity contribution is 5.48. The molecule has 0 spiro atoms. The molecule has 0 saturated heterocycles. The maximum absolute atomic E-state index is 12.5. The molecule has 0 unspecified atom stereocenters. The molecule has 0 bridgehead atoms. The van der Waals surface area contributed by atoms with E-state index in [0.717, 1.165) is 13.0 Å². The summed E-state index contributed by atoms with van der Waals surface area (Å²) in [5.41, 5.74) is 0. The third-order valence-corrected chi connectivity index (χ3v) is 2.40. The molecule has 108 valence electrons. The quantitative estimate of drug-likeness (QED) is 0.831. The minimum Gasteiger partial charge on any atom is -0.370 e. The fraction of sp³-hybridized carbons (Fsp3) is 0.667. The van der Waals surface area contributed by atoms with Gasteiger partial charge in [0.1, 0.15) is 24.5 Å². The lowest BCUT2D eigenvalue weighted by Crippen LogP contribution is -2.35. The van der Waals surface area contributed by atoms with Crippen LogP contribution in [0.3, 0.4) is 0 Å². The molecule has 1 heterocycles. The van der Waals surface area contributed by atoms with Crippen LogP contribution in [0.4, 0.5) is 24.8 Å². The average Bonchev–Trinajstić information content (AvgIpc) is 2.35. The van der Waals surface area contributed by atoms with Gasteiger partial charge in [-0.15, -0.1) is 0 Å². The Morgan fingerprint density at radius 1 is 1.21 bits per heavy atom. The van der Waals surface area contributed by atoms with E-state index in [2.05, 4.69) is 15.3 Å². The van der Waals surface area contributed by atoms with Crippen LogP contribution in [-0.2, 0) is 0 Å². The first-order valence-electron chi connectivity index (χ1n) is 6.34. The van der Waals surface area contributed by atoms with E-state index in [0.29, 0.717) is 24.6 Å². The summed E-state index contributed by atoms with van der Waals surface area (Å²) in [6.07, 6.45) is -1.41. The van der Waals surface area contributed by atoms with Crippen molar-refractivity contribution in [2.45, 2.75) is 32.9 Å². The zero-order chi connectivity index (χ0) is 14.3. The van der Waals surface area contributed by atoms with E-state index < -0.39 is 12.7 Å². The van der Waals surface area contributed by atoms with Crippen molar-refractivity contribution in [3.8, 4) is 0 Å². The summed E-state index contributed by atoms with van der Waals surface area (Å²) >= 11 is 0. The minimum atomic E-state index is -4.24. The van der Waals surface area contributed by atoms with Gasteiger partial charge in [-0.3, -0.25) is 0 Å². The van der Waals surface area contributed by atoms with Gasteiger partial charge in [-0.05, 0) is 12.8 Å². The lowest BCUT2D eigenvalue weighted by molar-refractivity contribution is -0.119. The number of halogens is 3. The summed E-state index contributed by atoms with van der Waals surface area (Å²) in [5, 5.41) is 3.04. The van der Waals surface area contributed by atoms with E-state index in [-0.39, 0.29) is 0 Å². The molecule has 0 aliphatic heterocycles. The van der Waals surface area contributed by atoms with Crippen molar-refractivity contribution in [3.63, 3.8) is 0 Å². The smallest absolute Gasteiger partial charge is 0.370 e. The Labute approximate surface area is 111 Å². The van der Waals surface area contributed by atoms with Crippen LogP contribution in [-0.4, -0.2) is 35.8 Å². The molecule has 1 aromatic heterocycles. The van der Waals surface area contributed by atoms with Crippen molar-refractivity contribution >= 4 is 11.6 Å². The second-order valence-corrected chi connectivity index (χ2v) is 4.22. The zero-order valence-electron chi connectivity index (χ0n) is 11.2. The number of rotatable bonds is 7. The number of hydrogen-bond acceptors (Lipinski definition) is 4. The van der Waals surface area contributed by atoms with Crippen molar-refractivity contribution in [2.24, 2.45) is 0 Å². The summed E-state index contributed by atoms with van der Waals surface area (Å²) in [4.78, 5) is 9.13. The molecule has 0 aromatic carbocycles. The largest absolute Gasteiger partial charge is 0.405 e. The van der Waals surface area contributed by atoms with E-state index in [1.54, 1.807) is 6.07 Å².